The number of hydrogen-bond donors (Lipinski definition) is 0. The van der Waals surface area contributed by atoms with Gasteiger partial charge in [0.15, 0.2) is 0 Å². The molecule has 0 N–H and O–H groups in total. The van der Waals surface area contributed by atoms with Crippen molar-refractivity contribution < 1.29 is 4.74 Å². The highest BCUT2D eigenvalue weighted by Crippen LogP contribution is 2.26. The average Bonchev–Trinajstić information content (AvgIpc) is 2.74. The minimum Gasteiger partial charge on any atom is -0.488 e. The molecule has 7 heteroatoms. The van der Waals surface area contributed by atoms with Crippen LogP contribution in [-0.4, -0.2) is 15.9 Å². The molecule has 0 bridgehead atoms. The molecule has 0 aliphatic heterocycles. The van der Waals surface area contributed by atoms with Gasteiger partial charge in [0.05, 0.1) is 21.6 Å². The van der Waals surface area contributed by atoms with Crippen LogP contribution in [-0.2, 0) is 6.61 Å². The Bertz CT molecular complexity index is 1300. The predicted octanol–water partition coefficient (Wildman–Crippen LogP) is 5.69. The van der Waals surface area contributed by atoms with Gasteiger partial charge >= 0.3 is 0 Å². The largest absolute Gasteiger partial charge is 0.488 e. The van der Waals surface area contributed by atoms with Gasteiger partial charge in [-0.05, 0) is 70.4 Å². The summed E-state index contributed by atoms with van der Waals surface area (Å²) in [6.45, 7) is 2.25. The zero-order chi connectivity index (χ0) is 21.1. The van der Waals surface area contributed by atoms with E-state index < -0.39 is 0 Å². The first-order chi connectivity index (χ1) is 14.5. The molecule has 1 aromatic heterocycles. The summed E-state index contributed by atoms with van der Waals surface area (Å²) < 4.78 is 8.82. The first-order valence-corrected chi connectivity index (χ1v) is 10.8. The van der Waals surface area contributed by atoms with Gasteiger partial charge < -0.3 is 4.74 Å². The van der Waals surface area contributed by atoms with E-state index in [1.807, 2.05) is 60.7 Å². The number of hydrogen-bond acceptors (Lipinski definition) is 4. The number of aromatic nitrogens is 2. The molecule has 0 atom stereocenters. The van der Waals surface area contributed by atoms with E-state index in [-0.39, 0.29) is 5.56 Å². The van der Waals surface area contributed by atoms with Crippen molar-refractivity contribution in [1.82, 2.24) is 9.66 Å². The van der Waals surface area contributed by atoms with E-state index in [2.05, 4.69) is 41.9 Å². The van der Waals surface area contributed by atoms with Crippen molar-refractivity contribution in [3.05, 3.63) is 103 Å². The highest BCUT2D eigenvalue weighted by atomic mass is 79.9. The Morgan fingerprint density at radius 1 is 1.07 bits per heavy atom. The Hall–Kier alpha value is -2.77. The molecular weight excluding hydrogens is 510 g/mol. The van der Waals surface area contributed by atoms with Crippen LogP contribution in [0.2, 0.25) is 0 Å². The molecule has 30 heavy (non-hydrogen) atoms. The van der Waals surface area contributed by atoms with Crippen LogP contribution in [0.5, 0.6) is 5.75 Å². The van der Waals surface area contributed by atoms with Crippen LogP contribution in [0, 0.1) is 6.92 Å². The van der Waals surface area contributed by atoms with E-state index in [1.54, 1.807) is 19.2 Å². The highest BCUT2D eigenvalue weighted by molar-refractivity contribution is 9.10. The molecule has 0 amide bonds. The summed E-state index contributed by atoms with van der Waals surface area (Å²) in [6, 6.07) is 21.1. The van der Waals surface area contributed by atoms with Gasteiger partial charge in [0, 0.05) is 4.47 Å². The molecule has 1 heterocycles. The minimum atomic E-state index is -0.211. The molecule has 0 unspecified atom stereocenters. The van der Waals surface area contributed by atoms with Crippen LogP contribution >= 0.6 is 31.9 Å². The van der Waals surface area contributed by atoms with Crippen molar-refractivity contribution in [2.24, 2.45) is 5.10 Å². The van der Waals surface area contributed by atoms with Crippen molar-refractivity contribution in [2.45, 2.75) is 13.5 Å². The zero-order valence-electron chi connectivity index (χ0n) is 16.0. The molecule has 3 aromatic carbocycles. The standard InChI is InChI=1S/C23H17Br2N3O2/c1-15-27-21-9-8-18(24)12-19(21)23(29)28(15)26-13-17-7-10-22(20(25)11-17)30-14-16-5-3-2-4-6-16/h2-13H,14H2,1H3. The van der Waals surface area contributed by atoms with Crippen molar-refractivity contribution in [3.63, 3.8) is 0 Å². The number of fused-ring (bicyclic) bond motifs is 1. The summed E-state index contributed by atoms with van der Waals surface area (Å²) in [6.07, 6.45) is 1.63. The Balaban J connectivity index is 1.57. The second kappa shape index (κ2) is 8.93. The normalized spacial score (nSPS) is 11.3. The lowest BCUT2D eigenvalue weighted by Gasteiger charge is -2.09. The third-order valence-corrected chi connectivity index (χ3v) is 5.60. The Labute approximate surface area is 190 Å². The fourth-order valence-electron chi connectivity index (χ4n) is 2.97. The second-order valence-corrected chi connectivity index (χ2v) is 8.42. The van der Waals surface area contributed by atoms with Crippen LogP contribution in [0.1, 0.15) is 17.0 Å². The summed E-state index contributed by atoms with van der Waals surface area (Å²) in [7, 11) is 0. The minimum absolute atomic E-state index is 0.211. The van der Waals surface area contributed by atoms with Crippen LogP contribution in [0.15, 0.2) is 85.6 Å². The third kappa shape index (κ3) is 4.52. The molecule has 150 valence electrons. The van der Waals surface area contributed by atoms with Gasteiger partial charge in [0.25, 0.3) is 5.56 Å². The van der Waals surface area contributed by atoms with E-state index in [1.165, 1.54) is 4.68 Å². The predicted molar refractivity (Wildman–Crippen MR) is 126 cm³/mol. The van der Waals surface area contributed by atoms with E-state index in [0.717, 1.165) is 25.8 Å². The maximum atomic E-state index is 12.8. The van der Waals surface area contributed by atoms with Gasteiger partial charge in [-0.3, -0.25) is 4.79 Å². The number of benzene rings is 3. The zero-order valence-corrected chi connectivity index (χ0v) is 19.2. The fraction of sp³-hybridized carbons (Fsp3) is 0.0870. The molecule has 0 saturated heterocycles. The van der Waals surface area contributed by atoms with E-state index >= 15 is 0 Å². The summed E-state index contributed by atoms with van der Waals surface area (Å²) in [5.74, 6) is 1.26. The van der Waals surface area contributed by atoms with Crippen LogP contribution in [0.3, 0.4) is 0 Å². The van der Waals surface area contributed by atoms with Gasteiger partial charge in [-0.25, -0.2) is 4.98 Å². The quantitative estimate of drug-likeness (QED) is 0.314. The first kappa shape index (κ1) is 20.5. The Kier molecular flexibility index (Phi) is 6.11. The third-order valence-electron chi connectivity index (χ3n) is 4.49. The maximum absolute atomic E-state index is 12.8. The van der Waals surface area contributed by atoms with E-state index in [9.17, 15) is 4.79 Å². The number of ether oxygens (including phenoxy) is 1. The van der Waals surface area contributed by atoms with E-state index in [4.69, 9.17) is 4.74 Å². The molecule has 0 fully saturated rings. The molecule has 0 aliphatic rings. The number of rotatable bonds is 5. The lowest BCUT2D eigenvalue weighted by atomic mass is 10.2. The molecular formula is C23H17Br2N3O2. The molecule has 4 rings (SSSR count). The number of nitrogens with zero attached hydrogens (tertiary/aromatic N) is 3. The first-order valence-electron chi connectivity index (χ1n) is 9.21. The molecule has 4 aromatic rings. The van der Waals surface area contributed by atoms with Gasteiger partial charge in [-0.15, -0.1) is 0 Å². The van der Waals surface area contributed by atoms with Gasteiger partial charge in [0.1, 0.15) is 18.2 Å². The van der Waals surface area contributed by atoms with Crippen molar-refractivity contribution >= 4 is 49.0 Å². The lowest BCUT2D eigenvalue weighted by molar-refractivity contribution is 0.304. The SMILES string of the molecule is Cc1nc2ccc(Br)cc2c(=O)n1N=Cc1ccc(OCc2ccccc2)c(Br)c1. The maximum Gasteiger partial charge on any atom is 0.282 e. The van der Waals surface area contributed by atoms with Gasteiger partial charge in [-0.1, -0.05) is 46.3 Å². The highest BCUT2D eigenvalue weighted by Gasteiger charge is 2.08. The second-order valence-electron chi connectivity index (χ2n) is 6.65. The van der Waals surface area contributed by atoms with Crippen LogP contribution < -0.4 is 10.3 Å². The van der Waals surface area contributed by atoms with Crippen molar-refractivity contribution in [2.75, 3.05) is 0 Å². The van der Waals surface area contributed by atoms with Gasteiger partial charge in [0.2, 0.25) is 0 Å². The monoisotopic (exact) mass is 525 g/mol. The van der Waals surface area contributed by atoms with Crippen molar-refractivity contribution in [1.29, 1.82) is 0 Å². The fourth-order valence-corrected chi connectivity index (χ4v) is 3.84. The van der Waals surface area contributed by atoms with Crippen LogP contribution in [0.25, 0.3) is 10.9 Å². The summed E-state index contributed by atoms with van der Waals surface area (Å²) >= 11 is 6.94. The van der Waals surface area contributed by atoms with Crippen molar-refractivity contribution in [3.8, 4) is 5.75 Å². The van der Waals surface area contributed by atoms with E-state index in [0.29, 0.717) is 23.3 Å². The molecule has 0 radical (unpaired) electrons. The summed E-state index contributed by atoms with van der Waals surface area (Å²) in [5, 5.41) is 4.87. The van der Waals surface area contributed by atoms with Crippen LogP contribution in [0.4, 0.5) is 0 Å². The molecule has 0 spiro atoms. The average molecular weight is 527 g/mol. The Morgan fingerprint density at radius 3 is 2.63 bits per heavy atom. The topological polar surface area (TPSA) is 56.5 Å². The van der Waals surface area contributed by atoms with Gasteiger partial charge in [-0.2, -0.15) is 9.78 Å². The lowest BCUT2D eigenvalue weighted by Crippen LogP contribution is -2.20. The summed E-state index contributed by atoms with van der Waals surface area (Å²) in [5.41, 5.74) is 2.36. The number of aryl methyl sites for hydroxylation is 1. The number of halogens is 2. The molecule has 5 nitrogen and oxygen atoms in total. The Morgan fingerprint density at radius 2 is 1.87 bits per heavy atom. The molecule has 0 saturated carbocycles. The molecule has 0 aliphatic carbocycles. The smallest absolute Gasteiger partial charge is 0.282 e. The summed E-state index contributed by atoms with van der Waals surface area (Å²) in [4.78, 5) is 17.3.